The van der Waals surface area contributed by atoms with Gasteiger partial charge in [-0.05, 0) is 49.7 Å². The summed E-state index contributed by atoms with van der Waals surface area (Å²) in [6.07, 6.45) is 5.51. The lowest BCUT2D eigenvalue weighted by molar-refractivity contribution is 1.02. The third-order valence-electron chi connectivity index (χ3n) is 4.86. The summed E-state index contributed by atoms with van der Waals surface area (Å²) in [6, 6.07) is 12.6. The minimum absolute atomic E-state index is 0.924. The van der Waals surface area contributed by atoms with Crippen LogP contribution < -0.4 is 0 Å². The topological polar surface area (TPSA) is 70.2 Å². The molecule has 0 aliphatic rings. The zero-order chi connectivity index (χ0) is 17.7. The van der Waals surface area contributed by atoms with Crippen molar-refractivity contribution in [2.24, 2.45) is 0 Å². The largest absolute Gasteiger partial charge is 0.353 e. The van der Waals surface area contributed by atoms with Gasteiger partial charge in [0.25, 0.3) is 0 Å². The van der Waals surface area contributed by atoms with E-state index in [4.69, 9.17) is 0 Å². The maximum Gasteiger partial charge on any atom is 0.0725 e. The summed E-state index contributed by atoms with van der Waals surface area (Å²) in [4.78, 5) is 12.2. The number of nitrogens with zero attached hydrogens (tertiary/aromatic N) is 3. The van der Waals surface area contributed by atoms with Crippen molar-refractivity contribution in [1.29, 1.82) is 0 Å². The summed E-state index contributed by atoms with van der Waals surface area (Å²) in [5.41, 5.74) is 8.51. The van der Waals surface area contributed by atoms with Crippen LogP contribution in [0.4, 0.5) is 0 Å². The van der Waals surface area contributed by atoms with E-state index in [1.165, 1.54) is 16.5 Å². The Labute approximate surface area is 150 Å². The van der Waals surface area contributed by atoms with E-state index < -0.39 is 0 Å². The molecule has 0 amide bonds. The maximum atomic E-state index is 4.59. The molecule has 4 heterocycles. The summed E-state index contributed by atoms with van der Waals surface area (Å²) < 4.78 is 0. The second kappa shape index (κ2) is 5.52. The highest BCUT2D eigenvalue weighted by Gasteiger charge is 2.12. The van der Waals surface area contributed by atoms with Gasteiger partial charge in [0.2, 0.25) is 0 Å². The molecule has 4 aromatic heterocycles. The van der Waals surface area contributed by atoms with Gasteiger partial charge in [-0.15, -0.1) is 0 Å². The molecule has 0 spiro atoms. The zero-order valence-corrected chi connectivity index (χ0v) is 14.5. The molecule has 5 heteroatoms. The molecule has 0 aliphatic carbocycles. The number of rotatable bonds is 2. The van der Waals surface area contributed by atoms with Crippen molar-refractivity contribution < 1.29 is 0 Å². The van der Waals surface area contributed by atoms with Gasteiger partial charge in [0.1, 0.15) is 0 Å². The number of nitrogens with one attached hydrogen (secondary N) is 2. The molecule has 126 valence electrons. The van der Waals surface area contributed by atoms with Crippen molar-refractivity contribution in [3.8, 4) is 22.4 Å². The fraction of sp³-hybridized carbons (Fsp3) is 0.0952. The van der Waals surface area contributed by atoms with Crippen molar-refractivity contribution in [2.45, 2.75) is 13.8 Å². The highest BCUT2D eigenvalue weighted by molar-refractivity contribution is 6.09. The lowest BCUT2D eigenvalue weighted by Gasteiger charge is -2.03. The van der Waals surface area contributed by atoms with Gasteiger partial charge in [0.15, 0.2) is 0 Å². The highest BCUT2D eigenvalue weighted by Crippen LogP contribution is 2.33. The fourth-order valence-corrected chi connectivity index (χ4v) is 3.60. The quantitative estimate of drug-likeness (QED) is 0.486. The molecule has 26 heavy (non-hydrogen) atoms. The first-order valence-electron chi connectivity index (χ1n) is 8.54. The summed E-state index contributed by atoms with van der Waals surface area (Å²) in [5.74, 6) is 0. The van der Waals surface area contributed by atoms with E-state index in [0.717, 1.165) is 39.1 Å². The predicted molar refractivity (Wildman–Crippen MR) is 104 cm³/mol. The van der Waals surface area contributed by atoms with Gasteiger partial charge in [-0.2, -0.15) is 5.10 Å². The Hall–Kier alpha value is -3.47. The maximum absolute atomic E-state index is 4.59. The summed E-state index contributed by atoms with van der Waals surface area (Å²) >= 11 is 0. The highest BCUT2D eigenvalue weighted by atomic mass is 15.1. The van der Waals surface area contributed by atoms with Crippen molar-refractivity contribution >= 4 is 21.8 Å². The Morgan fingerprint density at radius 2 is 1.77 bits per heavy atom. The smallest absolute Gasteiger partial charge is 0.0725 e. The van der Waals surface area contributed by atoms with Crippen molar-refractivity contribution in [1.82, 2.24) is 25.1 Å². The molecule has 5 nitrogen and oxygen atoms in total. The molecule has 0 atom stereocenters. The number of aromatic nitrogens is 5. The standard InChI is InChI=1S/C21H17N5/c1-12-21(13(2)26-25-12)14-5-6-18-16(8-14)17-9-19(23-11-20(17)24-18)15-4-3-7-22-10-15/h3-11,24H,1-2H3,(H,25,26). The van der Waals surface area contributed by atoms with Crippen LogP contribution in [0.2, 0.25) is 0 Å². The lowest BCUT2D eigenvalue weighted by Crippen LogP contribution is -1.84. The van der Waals surface area contributed by atoms with Crippen LogP contribution in [0.1, 0.15) is 11.4 Å². The third-order valence-corrected chi connectivity index (χ3v) is 4.86. The van der Waals surface area contributed by atoms with Gasteiger partial charge < -0.3 is 4.98 Å². The van der Waals surface area contributed by atoms with Gasteiger partial charge in [0, 0.05) is 45.5 Å². The molecule has 5 rings (SSSR count). The number of benzene rings is 1. The molecule has 0 saturated heterocycles. The first-order valence-corrected chi connectivity index (χ1v) is 8.54. The molecule has 2 N–H and O–H groups in total. The number of hydrogen-bond donors (Lipinski definition) is 2. The number of aromatic amines is 2. The second-order valence-electron chi connectivity index (χ2n) is 6.55. The minimum atomic E-state index is 0.924. The van der Waals surface area contributed by atoms with Crippen LogP contribution in [0.15, 0.2) is 55.0 Å². The first kappa shape index (κ1) is 14.8. The molecular formula is C21H17N5. The summed E-state index contributed by atoms with van der Waals surface area (Å²) in [7, 11) is 0. The monoisotopic (exact) mass is 339 g/mol. The SMILES string of the molecule is Cc1n[nH]c(C)c1-c1ccc2[nH]c3cnc(-c4cccnc4)cc3c2c1. The van der Waals surface area contributed by atoms with E-state index in [9.17, 15) is 0 Å². The molecule has 0 unspecified atom stereocenters. The van der Waals surface area contributed by atoms with E-state index >= 15 is 0 Å². The first-order chi connectivity index (χ1) is 12.7. The van der Waals surface area contributed by atoms with Crippen molar-refractivity contribution in [3.05, 3.63) is 66.4 Å². The third kappa shape index (κ3) is 2.21. The Kier molecular flexibility index (Phi) is 3.15. The van der Waals surface area contributed by atoms with Crippen LogP contribution in [0.5, 0.6) is 0 Å². The normalized spacial score (nSPS) is 11.5. The Bertz CT molecular complexity index is 1230. The van der Waals surface area contributed by atoms with E-state index in [-0.39, 0.29) is 0 Å². The summed E-state index contributed by atoms with van der Waals surface area (Å²) in [5, 5.41) is 9.74. The molecule has 1 aromatic carbocycles. The van der Waals surface area contributed by atoms with Crippen LogP contribution in [-0.2, 0) is 0 Å². The van der Waals surface area contributed by atoms with E-state index in [2.05, 4.69) is 56.3 Å². The minimum Gasteiger partial charge on any atom is -0.353 e. The van der Waals surface area contributed by atoms with E-state index in [1.807, 2.05) is 31.5 Å². The van der Waals surface area contributed by atoms with Crippen LogP contribution in [0, 0.1) is 13.8 Å². The molecule has 0 radical (unpaired) electrons. The van der Waals surface area contributed by atoms with Crippen LogP contribution in [-0.4, -0.2) is 25.1 Å². The fourth-order valence-electron chi connectivity index (χ4n) is 3.60. The van der Waals surface area contributed by atoms with E-state index in [0.29, 0.717) is 0 Å². The van der Waals surface area contributed by atoms with Gasteiger partial charge in [0.05, 0.1) is 23.1 Å². The zero-order valence-electron chi connectivity index (χ0n) is 14.5. The van der Waals surface area contributed by atoms with Crippen LogP contribution in [0.3, 0.4) is 0 Å². The van der Waals surface area contributed by atoms with Gasteiger partial charge >= 0.3 is 0 Å². The average Bonchev–Trinajstić information content (AvgIpc) is 3.21. The van der Waals surface area contributed by atoms with Crippen molar-refractivity contribution in [2.75, 3.05) is 0 Å². The number of H-pyrrole nitrogens is 2. The van der Waals surface area contributed by atoms with Crippen LogP contribution in [0.25, 0.3) is 44.2 Å². The van der Waals surface area contributed by atoms with Gasteiger partial charge in [-0.3, -0.25) is 15.1 Å². The Balaban J connectivity index is 1.75. The molecule has 0 saturated carbocycles. The summed E-state index contributed by atoms with van der Waals surface area (Å²) in [6.45, 7) is 4.09. The van der Waals surface area contributed by atoms with Gasteiger partial charge in [-0.25, -0.2) is 0 Å². The molecule has 0 fully saturated rings. The average molecular weight is 339 g/mol. The lowest BCUT2D eigenvalue weighted by atomic mass is 10.0. The molecule has 5 aromatic rings. The number of aryl methyl sites for hydroxylation is 2. The Morgan fingerprint density at radius 1 is 0.885 bits per heavy atom. The van der Waals surface area contributed by atoms with Crippen molar-refractivity contribution in [3.63, 3.8) is 0 Å². The molecular weight excluding hydrogens is 322 g/mol. The number of fused-ring (bicyclic) bond motifs is 3. The molecule has 0 aliphatic heterocycles. The second-order valence-corrected chi connectivity index (χ2v) is 6.55. The predicted octanol–water partition coefficient (Wildman–Crippen LogP) is 4.79. The van der Waals surface area contributed by atoms with E-state index in [1.54, 1.807) is 6.20 Å². The number of pyridine rings is 2. The van der Waals surface area contributed by atoms with Crippen LogP contribution >= 0.6 is 0 Å². The number of hydrogen-bond acceptors (Lipinski definition) is 3. The molecule has 0 bridgehead atoms. The van der Waals surface area contributed by atoms with Gasteiger partial charge in [-0.1, -0.05) is 6.07 Å². The Morgan fingerprint density at radius 3 is 2.54 bits per heavy atom.